The van der Waals surface area contributed by atoms with Crippen molar-refractivity contribution in [2.45, 2.75) is 78.4 Å². The first kappa shape index (κ1) is 22.4. The smallest absolute Gasteiger partial charge is 0.410 e. The van der Waals surface area contributed by atoms with E-state index in [9.17, 15) is 14.7 Å². The van der Waals surface area contributed by atoms with Gasteiger partial charge in [0.25, 0.3) is 0 Å². The van der Waals surface area contributed by atoms with Gasteiger partial charge in [-0.15, -0.1) is 0 Å². The summed E-state index contributed by atoms with van der Waals surface area (Å²) in [5, 5.41) is 10.0. The van der Waals surface area contributed by atoms with Gasteiger partial charge in [-0.05, 0) is 84.8 Å². The predicted molar refractivity (Wildman–Crippen MR) is 117 cm³/mol. The van der Waals surface area contributed by atoms with Gasteiger partial charge in [0.2, 0.25) is 0 Å². The third kappa shape index (κ3) is 4.90. The Morgan fingerprint density at radius 1 is 1.17 bits per heavy atom. The molecule has 0 spiro atoms. The SMILES string of the molecule is Cc1ccc(C)n1C1C=CC(CCC2CCN(C(=O)OC(C)(C)C)CC2)(C(=O)O)C1. The number of carbonyl (C=O) groups excluding carboxylic acids is 1. The third-order valence-electron chi connectivity index (χ3n) is 6.56. The van der Waals surface area contributed by atoms with Crippen LogP contribution in [0.15, 0.2) is 24.3 Å². The summed E-state index contributed by atoms with van der Waals surface area (Å²) in [6, 6.07) is 4.27. The van der Waals surface area contributed by atoms with Gasteiger partial charge in [-0.2, -0.15) is 0 Å². The van der Waals surface area contributed by atoms with Crippen molar-refractivity contribution >= 4 is 12.1 Å². The van der Waals surface area contributed by atoms with Crippen molar-refractivity contribution in [2.24, 2.45) is 11.3 Å². The van der Waals surface area contributed by atoms with Crippen LogP contribution in [0.3, 0.4) is 0 Å². The van der Waals surface area contributed by atoms with Crippen molar-refractivity contribution in [3.8, 4) is 0 Å². The number of aromatic nitrogens is 1. The topological polar surface area (TPSA) is 71.8 Å². The van der Waals surface area contributed by atoms with E-state index in [1.807, 2.05) is 26.8 Å². The van der Waals surface area contributed by atoms with Gasteiger partial charge < -0.3 is 19.3 Å². The minimum Gasteiger partial charge on any atom is -0.481 e. The standard InChI is InChI=1S/C24H36N2O4/c1-17-6-7-18(2)26(17)20-9-13-24(16-20,21(27)28)12-8-19-10-14-25(15-11-19)22(29)30-23(3,4)5/h6-7,9,13,19-20H,8,10-12,14-16H2,1-5H3,(H,27,28). The van der Waals surface area contributed by atoms with Crippen LogP contribution < -0.4 is 0 Å². The van der Waals surface area contributed by atoms with Crippen LogP contribution in [0.5, 0.6) is 0 Å². The maximum Gasteiger partial charge on any atom is 0.410 e. The second-order valence-corrected chi connectivity index (χ2v) is 10.0. The molecular formula is C24H36N2O4. The Morgan fingerprint density at radius 2 is 1.77 bits per heavy atom. The summed E-state index contributed by atoms with van der Waals surface area (Å²) in [5.41, 5.74) is 1.05. The quantitative estimate of drug-likeness (QED) is 0.678. The summed E-state index contributed by atoms with van der Waals surface area (Å²) >= 11 is 0. The molecule has 1 aromatic rings. The number of allylic oxidation sites excluding steroid dienone is 1. The fourth-order valence-electron chi connectivity index (χ4n) is 4.83. The summed E-state index contributed by atoms with van der Waals surface area (Å²) in [6.07, 6.45) is 7.67. The van der Waals surface area contributed by atoms with Gasteiger partial charge in [-0.3, -0.25) is 4.79 Å². The molecule has 6 nitrogen and oxygen atoms in total. The Hall–Kier alpha value is -2.24. The highest BCUT2D eigenvalue weighted by Crippen LogP contribution is 2.44. The van der Waals surface area contributed by atoms with Crippen LogP contribution in [-0.4, -0.2) is 45.3 Å². The Balaban J connectivity index is 1.55. The minimum absolute atomic E-state index is 0.102. The second kappa shape index (κ2) is 8.48. The lowest BCUT2D eigenvalue weighted by Gasteiger charge is -2.34. The number of hydrogen-bond donors (Lipinski definition) is 1. The summed E-state index contributed by atoms with van der Waals surface area (Å²) in [7, 11) is 0. The van der Waals surface area contributed by atoms with Crippen LogP contribution in [0.4, 0.5) is 4.79 Å². The second-order valence-electron chi connectivity index (χ2n) is 10.0. The lowest BCUT2D eigenvalue weighted by atomic mass is 9.78. The van der Waals surface area contributed by atoms with Crippen molar-refractivity contribution < 1.29 is 19.4 Å². The lowest BCUT2D eigenvalue weighted by molar-refractivity contribution is -0.146. The molecule has 1 saturated heterocycles. The first-order valence-electron chi connectivity index (χ1n) is 11.1. The Labute approximate surface area is 179 Å². The van der Waals surface area contributed by atoms with Gasteiger partial charge in [0.15, 0.2) is 0 Å². The van der Waals surface area contributed by atoms with Crippen molar-refractivity contribution in [3.05, 3.63) is 35.7 Å². The maximum absolute atomic E-state index is 12.2. The van der Waals surface area contributed by atoms with Crippen molar-refractivity contribution in [3.63, 3.8) is 0 Å². The van der Waals surface area contributed by atoms with E-state index in [0.717, 1.165) is 30.7 Å². The van der Waals surface area contributed by atoms with E-state index in [4.69, 9.17) is 4.74 Å². The zero-order valence-electron chi connectivity index (χ0n) is 19.0. The summed E-state index contributed by atoms with van der Waals surface area (Å²) in [4.78, 5) is 26.2. The molecule has 166 valence electrons. The number of amides is 1. The zero-order valence-corrected chi connectivity index (χ0v) is 19.0. The van der Waals surface area contributed by atoms with Gasteiger partial charge in [0, 0.05) is 24.5 Å². The molecule has 1 N–H and O–H groups in total. The average molecular weight is 417 g/mol. The number of piperidine rings is 1. The number of likely N-dealkylation sites (tertiary alicyclic amines) is 1. The van der Waals surface area contributed by atoms with Crippen LogP contribution in [0, 0.1) is 25.2 Å². The third-order valence-corrected chi connectivity index (χ3v) is 6.56. The van der Waals surface area contributed by atoms with Crippen LogP contribution in [0.1, 0.15) is 70.3 Å². The monoisotopic (exact) mass is 416 g/mol. The molecule has 1 aromatic heterocycles. The number of ether oxygens (including phenoxy) is 1. The van der Waals surface area contributed by atoms with E-state index >= 15 is 0 Å². The highest BCUT2D eigenvalue weighted by atomic mass is 16.6. The zero-order chi connectivity index (χ0) is 22.1. The number of carboxylic acids is 1. The number of rotatable bonds is 5. The van der Waals surface area contributed by atoms with E-state index in [-0.39, 0.29) is 12.1 Å². The van der Waals surface area contributed by atoms with E-state index in [1.165, 1.54) is 0 Å². The van der Waals surface area contributed by atoms with Crippen LogP contribution >= 0.6 is 0 Å². The molecule has 1 amide bonds. The highest BCUT2D eigenvalue weighted by Gasteiger charge is 2.42. The molecule has 0 saturated carbocycles. The molecule has 2 aliphatic rings. The Morgan fingerprint density at radius 3 is 2.30 bits per heavy atom. The molecular weight excluding hydrogens is 380 g/mol. The highest BCUT2D eigenvalue weighted by molar-refractivity contribution is 5.78. The molecule has 2 heterocycles. The van der Waals surface area contributed by atoms with Crippen molar-refractivity contribution in [2.75, 3.05) is 13.1 Å². The number of hydrogen-bond acceptors (Lipinski definition) is 3. The summed E-state index contributed by atoms with van der Waals surface area (Å²) < 4.78 is 7.70. The molecule has 0 radical (unpaired) electrons. The Kier molecular flexibility index (Phi) is 6.34. The first-order chi connectivity index (χ1) is 14.0. The van der Waals surface area contributed by atoms with Gasteiger partial charge in [0.05, 0.1) is 11.5 Å². The molecule has 1 fully saturated rings. The lowest BCUT2D eigenvalue weighted by Crippen LogP contribution is -2.42. The van der Waals surface area contributed by atoms with Gasteiger partial charge in [0.1, 0.15) is 5.60 Å². The van der Waals surface area contributed by atoms with Gasteiger partial charge >= 0.3 is 12.1 Å². The van der Waals surface area contributed by atoms with Crippen LogP contribution in [0.2, 0.25) is 0 Å². The first-order valence-corrected chi connectivity index (χ1v) is 11.1. The summed E-state index contributed by atoms with van der Waals surface area (Å²) in [5.74, 6) is -0.280. The van der Waals surface area contributed by atoms with Crippen LogP contribution in [0.25, 0.3) is 0 Å². The van der Waals surface area contributed by atoms with E-state index in [2.05, 4.69) is 36.6 Å². The number of nitrogens with zero attached hydrogens (tertiary/aromatic N) is 2. The largest absolute Gasteiger partial charge is 0.481 e. The molecule has 2 unspecified atom stereocenters. The fraction of sp³-hybridized carbons (Fsp3) is 0.667. The molecule has 1 aliphatic carbocycles. The van der Waals surface area contributed by atoms with Crippen molar-refractivity contribution in [1.82, 2.24) is 9.47 Å². The maximum atomic E-state index is 12.2. The van der Waals surface area contributed by atoms with Crippen LogP contribution in [-0.2, 0) is 9.53 Å². The number of carbonyl (C=O) groups is 2. The number of carboxylic acid groups (broad SMARTS) is 1. The molecule has 3 rings (SSSR count). The number of aryl methyl sites for hydroxylation is 2. The average Bonchev–Trinajstić information content (AvgIpc) is 3.23. The molecule has 1 aliphatic heterocycles. The number of aliphatic carboxylic acids is 1. The Bertz CT molecular complexity index is 792. The van der Waals surface area contributed by atoms with E-state index in [1.54, 1.807) is 4.90 Å². The van der Waals surface area contributed by atoms with E-state index in [0.29, 0.717) is 31.8 Å². The molecule has 6 heteroatoms. The predicted octanol–water partition coefficient (Wildman–Crippen LogP) is 5.10. The molecule has 30 heavy (non-hydrogen) atoms. The molecule has 0 bridgehead atoms. The van der Waals surface area contributed by atoms with Crippen molar-refractivity contribution in [1.29, 1.82) is 0 Å². The molecule has 2 atom stereocenters. The fourth-order valence-corrected chi connectivity index (χ4v) is 4.83. The minimum atomic E-state index is -0.796. The van der Waals surface area contributed by atoms with Gasteiger partial charge in [-0.25, -0.2) is 4.79 Å². The van der Waals surface area contributed by atoms with E-state index < -0.39 is 17.0 Å². The summed E-state index contributed by atoms with van der Waals surface area (Å²) in [6.45, 7) is 11.1. The normalized spacial score (nSPS) is 25.0. The van der Waals surface area contributed by atoms with Gasteiger partial charge in [-0.1, -0.05) is 12.2 Å². The molecule has 0 aromatic carbocycles.